The van der Waals surface area contributed by atoms with Gasteiger partial charge in [0.25, 0.3) is 0 Å². The number of nitrogens with one attached hydrogen (secondary N) is 1. The number of sulfonamides is 1. The van der Waals surface area contributed by atoms with Gasteiger partial charge in [0.2, 0.25) is 10.0 Å². The molecule has 0 spiro atoms. The van der Waals surface area contributed by atoms with Crippen LogP contribution >= 0.6 is 11.3 Å². The first kappa shape index (κ1) is 29.2. The van der Waals surface area contributed by atoms with E-state index >= 15 is 0 Å². The fourth-order valence-electron chi connectivity index (χ4n) is 4.68. The molecule has 0 aliphatic rings. The van der Waals surface area contributed by atoms with E-state index in [-0.39, 0.29) is 0 Å². The minimum absolute atomic E-state index is 0.578. The van der Waals surface area contributed by atoms with Gasteiger partial charge in [-0.3, -0.25) is 4.72 Å². The van der Waals surface area contributed by atoms with E-state index in [0.717, 1.165) is 40.3 Å². The van der Waals surface area contributed by atoms with Crippen LogP contribution in [0.4, 0.5) is 11.4 Å². The average molecular weight is 599 g/mol. The molecule has 0 aliphatic carbocycles. The standard InChI is InChI=1S/C34H34N2O4S2/c1-26-33(35-42(2,37)38)14-7-15-34(26)36(24-27-9-4-3-5-10-27)25-28-16-18-29(19-17-28)40-31-12-6-11-30(23-31)39-21-20-32-13-8-22-41-32/h3-19,22-23,35H,20-21,24-25H2,1-2H3. The van der Waals surface area contributed by atoms with Crippen molar-refractivity contribution < 1.29 is 17.9 Å². The summed E-state index contributed by atoms with van der Waals surface area (Å²) in [5.74, 6) is 2.23. The lowest BCUT2D eigenvalue weighted by Gasteiger charge is -2.28. The number of anilines is 2. The third-order valence-electron chi connectivity index (χ3n) is 6.69. The largest absolute Gasteiger partial charge is 0.493 e. The second kappa shape index (κ2) is 13.6. The van der Waals surface area contributed by atoms with Gasteiger partial charge in [-0.25, -0.2) is 8.42 Å². The lowest BCUT2D eigenvalue weighted by molar-refractivity contribution is 0.321. The van der Waals surface area contributed by atoms with Gasteiger partial charge in [0, 0.05) is 36.1 Å². The third kappa shape index (κ3) is 8.38. The molecule has 0 bridgehead atoms. The van der Waals surface area contributed by atoms with E-state index in [2.05, 4.69) is 51.4 Å². The molecular weight excluding hydrogens is 565 g/mol. The second-order valence-corrected chi connectivity index (χ2v) is 12.8. The molecule has 0 fully saturated rings. The lowest BCUT2D eigenvalue weighted by Crippen LogP contribution is -2.23. The fraction of sp³-hybridized carbons (Fsp3) is 0.176. The Kier molecular flexibility index (Phi) is 9.46. The average Bonchev–Trinajstić information content (AvgIpc) is 3.49. The highest BCUT2D eigenvalue weighted by Crippen LogP contribution is 2.31. The highest BCUT2D eigenvalue weighted by molar-refractivity contribution is 7.92. The summed E-state index contributed by atoms with van der Waals surface area (Å²) in [4.78, 5) is 3.56. The molecule has 0 atom stereocenters. The van der Waals surface area contributed by atoms with Crippen LogP contribution in [0.15, 0.2) is 115 Å². The first-order valence-corrected chi connectivity index (χ1v) is 16.5. The van der Waals surface area contributed by atoms with E-state index < -0.39 is 10.0 Å². The molecule has 8 heteroatoms. The van der Waals surface area contributed by atoms with Gasteiger partial charge in [-0.05, 0) is 71.5 Å². The summed E-state index contributed by atoms with van der Waals surface area (Å²) in [5, 5.41) is 2.08. The van der Waals surface area contributed by atoms with Crippen LogP contribution in [0, 0.1) is 6.92 Å². The summed E-state index contributed by atoms with van der Waals surface area (Å²) in [6.07, 6.45) is 2.05. The summed E-state index contributed by atoms with van der Waals surface area (Å²) in [7, 11) is -3.40. The number of thiophene rings is 1. The monoisotopic (exact) mass is 598 g/mol. The zero-order chi connectivity index (χ0) is 29.4. The number of nitrogens with zero attached hydrogens (tertiary/aromatic N) is 1. The molecule has 216 valence electrons. The summed E-state index contributed by atoms with van der Waals surface area (Å²) < 4.78 is 38.6. The minimum Gasteiger partial charge on any atom is -0.493 e. The molecular formula is C34H34N2O4S2. The molecule has 0 radical (unpaired) electrons. The van der Waals surface area contributed by atoms with Crippen molar-refractivity contribution in [2.75, 3.05) is 22.5 Å². The van der Waals surface area contributed by atoms with Gasteiger partial charge < -0.3 is 14.4 Å². The van der Waals surface area contributed by atoms with Gasteiger partial charge in [-0.15, -0.1) is 11.3 Å². The summed E-state index contributed by atoms with van der Waals surface area (Å²) in [6.45, 7) is 3.86. The van der Waals surface area contributed by atoms with Crippen LogP contribution in [0.3, 0.4) is 0 Å². The predicted molar refractivity (Wildman–Crippen MR) is 172 cm³/mol. The summed E-state index contributed by atoms with van der Waals surface area (Å²) >= 11 is 1.74. The Hall–Kier alpha value is -4.27. The van der Waals surface area contributed by atoms with Gasteiger partial charge in [-0.2, -0.15) is 0 Å². The SMILES string of the molecule is Cc1c(NS(C)(=O)=O)cccc1N(Cc1ccccc1)Cc1ccc(Oc2cccc(OCCc3cccs3)c2)cc1. The van der Waals surface area contributed by atoms with Crippen molar-refractivity contribution in [3.05, 3.63) is 136 Å². The number of hydrogen-bond donors (Lipinski definition) is 1. The van der Waals surface area contributed by atoms with Crippen molar-refractivity contribution in [3.63, 3.8) is 0 Å². The van der Waals surface area contributed by atoms with E-state index in [1.165, 1.54) is 11.1 Å². The van der Waals surface area contributed by atoms with E-state index in [1.54, 1.807) is 17.4 Å². The Morgan fingerprint density at radius 1 is 0.762 bits per heavy atom. The Labute approximate surface area is 252 Å². The smallest absolute Gasteiger partial charge is 0.229 e. The first-order chi connectivity index (χ1) is 20.3. The molecule has 1 heterocycles. The normalized spacial score (nSPS) is 11.2. The highest BCUT2D eigenvalue weighted by Gasteiger charge is 2.15. The highest BCUT2D eigenvalue weighted by atomic mass is 32.2. The fourth-order valence-corrected chi connectivity index (χ4v) is 5.99. The first-order valence-electron chi connectivity index (χ1n) is 13.7. The third-order valence-corrected chi connectivity index (χ3v) is 8.22. The van der Waals surface area contributed by atoms with Gasteiger partial charge >= 0.3 is 0 Å². The van der Waals surface area contributed by atoms with Crippen LogP contribution in [0.25, 0.3) is 0 Å². The Balaban J connectivity index is 1.29. The van der Waals surface area contributed by atoms with E-state index in [9.17, 15) is 8.42 Å². The molecule has 6 nitrogen and oxygen atoms in total. The molecule has 4 aromatic carbocycles. The molecule has 0 saturated carbocycles. The van der Waals surface area contributed by atoms with Crippen molar-refractivity contribution >= 4 is 32.7 Å². The van der Waals surface area contributed by atoms with Crippen LogP contribution in [-0.2, 0) is 29.5 Å². The summed E-state index contributed by atoms with van der Waals surface area (Å²) in [6, 6.07) is 35.9. The van der Waals surface area contributed by atoms with Crippen molar-refractivity contribution in [1.82, 2.24) is 0 Å². The van der Waals surface area contributed by atoms with Gasteiger partial charge in [0.05, 0.1) is 18.6 Å². The van der Waals surface area contributed by atoms with Crippen molar-refractivity contribution in [2.24, 2.45) is 0 Å². The van der Waals surface area contributed by atoms with Crippen molar-refractivity contribution in [2.45, 2.75) is 26.4 Å². The van der Waals surface area contributed by atoms with Crippen LogP contribution < -0.4 is 19.1 Å². The number of rotatable bonds is 13. The molecule has 1 aromatic heterocycles. The number of ether oxygens (including phenoxy) is 2. The van der Waals surface area contributed by atoms with E-state index in [0.29, 0.717) is 31.1 Å². The Morgan fingerprint density at radius 3 is 2.19 bits per heavy atom. The topological polar surface area (TPSA) is 67.9 Å². The molecule has 42 heavy (non-hydrogen) atoms. The van der Waals surface area contributed by atoms with Crippen LogP contribution in [0.5, 0.6) is 17.2 Å². The Morgan fingerprint density at radius 2 is 1.48 bits per heavy atom. The molecule has 5 rings (SSSR count). The number of benzene rings is 4. The molecule has 0 amide bonds. The quantitative estimate of drug-likeness (QED) is 0.149. The predicted octanol–water partition coefficient (Wildman–Crippen LogP) is 8.05. The maximum absolute atomic E-state index is 11.9. The molecule has 1 N–H and O–H groups in total. The maximum Gasteiger partial charge on any atom is 0.229 e. The van der Waals surface area contributed by atoms with Crippen LogP contribution in [0.2, 0.25) is 0 Å². The maximum atomic E-state index is 11.9. The molecule has 5 aromatic rings. The second-order valence-electron chi connectivity index (χ2n) is 10.1. The van der Waals surface area contributed by atoms with Crippen LogP contribution in [-0.4, -0.2) is 21.3 Å². The van der Waals surface area contributed by atoms with Crippen LogP contribution in [0.1, 0.15) is 21.6 Å². The zero-order valence-corrected chi connectivity index (χ0v) is 25.3. The van der Waals surface area contributed by atoms with E-state index in [1.807, 2.05) is 73.7 Å². The van der Waals surface area contributed by atoms with E-state index in [4.69, 9.17) is 9.47 Å². The van der Waals surface area contributed by atoms with Gasteiger partial charge in [0.15, 0.2) is 0 Å². The van der Waals surface area contributed by atoms with Gasteiger partial charge in [0.1, 0.15) is 17.2 Å². The zero-order valence-electron chi connectivity index (χ0n) is 23.7. The van der Waals surface area contributed by atoms with Crippen molar-refractivity contribution in [3.8, 4) is 17.2 Å². The molecule has 0 saturated heterocycles. The molecule has 0 aliphatic heterocycles. The minimum atomic E-state index is -3.40. The summed E-state index contributed by atoms with van der Waals surface area (Å²) in [5.41, 5.74) is 4.68. The molecule has 0 unspecified atom stereocenters. The number of hydrogen-bond acceptors (Lipinski definition) is 6. The lowest BCUT2D eigenvalue weighted by atomic mass is 10.1. The van der Waals surface area contributed by atoms with Gasteiger partial charge in [-0.1, -0.05) is 60.7 Å². The van der Waals surface area contributed by atoms with Crippen molar-refractivity contribution in [1.29, 1.82) is 0 Å². The Bertz CT molecular complexity index is 1690.